The Kier molecular flexibility index (Phi) is 6.85. The number of sulfone groups is 1. The molecule has 0 saturated carbocycles. The largest absolute Gasteiger partial charge is 0.494 e. The SMILES string of the molecule is Cc1ccc(S(=O)(=O)Cc2ccc(NC(=O)c3cc(B4OC(C)(C)C(C)(C)O4)ccc3F)cc2)cc1. The van der Waals surface area contributed by atoms with E-state index in [2.05, 4.69) is 5.32 Å². The number of carbonyl (C=O) groups excluding carboxylic acids is 1. The minimum atomic E-state index is -3.50. The third-order valence-electron chi connectivity index (χ3n) is 6.71. The summed E-state index contributed by atoms with van der Waals surface area (Å²) in [4.78, 5) is 13.1. The molecule has 1 N–H and O–H groups in total. The van der Waals surface area contributed by atoms with Crippen LogP contribution in [0.25, 0.3) is 0 Å². The molecule has 0 aliphatic carbocycles. The zero-order chi connectivity index (χ0) is 26.3. The van der Waals surface area contributed by atoms with Gasteiger partial charge in [0.1, 0.15) is 5.82 Å². The van der Waals surface area contributed by atoms with Gasteiger partial charge in [-0.25, -0.2) is 12.8 Å². The van der Waals surface area contributed by atoms with Gasteiger partial charge in [0.05, 0.1) is 27.4 Å². The fourth-order valence-electron chi connectivity index (χ4n) is 3.77. The molecular weight excluding hydrogens is 480 g/mol. The quantitative estimate of drug-likeness (QED) is 0.489. The second-order valence-corrected chi connectivity index (χ2v) is 12.0. The fraction of sp³-hybridized carbons (Fsp3) is 0.296. The maximum atomic E-state index is 14.5. The van der Waals surface area contributed by atoms with Gasteiger partial charge in [-0.3, -0.25) is 4.79 Å². The van der Waals surface area contributed by atoms with Crippen LogP contribution in [-0.4, -0.2) is 32.6 Å². The molecule has 1 aliphatic rings. The van der Waals surface area contributed by atoms with Crippen molar-refractivity contribution < 1.29 is 26.9 Å². The third-order valence-corrected chi connectivity index (χ3v) is 8.41. The summed E-state index contributed by atoms with van der Waals surface area (Å²) in [7, 11) is -4.23. The molecule has 1 amide bonds. The van der Waals surface area contributed by atoms with E-state index in [4.69, 9.17) is 9.31 Å². The van der Waals surface area contributed by atoms with Gasteiger partial charge in [0.2, 0.25) is 0 Å². The number of anilines is 1. The van der Waals surface area contributed by atoms with E-state index >= 15 is 0 Å². The van der Waals surface area contributed by atoms with Crippen molar-refractivity contribution in [1.29, 1.82) is 0 Å². The van der Waals surface area contributed by atoms with E-state index in [1.165, 1.54) is 18.2 Å². The molecule has 1 aliphatic heterocycles. The lowest BCUT2D eigenvalue weighted by Gasteiger charge is -2.32. The number of nitrogens with one attached hydrogen (secondary N) is 1. The zero-order valence-electron chi connectivity index (χ0n) is 21.0. The first-order valence-corrected chi connectivity index (χ1v) is 13.3. The Morgan fingerprint density at radius 2 is 1.50 bits per heavy atom. The predicted molar refractivity (Wildman–Crippen MR) is 139 cm³/mol. The summed E-state index contributed by atoms with van der Waals surface area (Å²) < 4.78 is 51.9. The van der Waals surface area contributed by atoms with Crippen molar-refractivity contribution in [2.24, 2.45) is 0 Å². The lowest BCUT2D eigenvalue weighted by atomic mass is 9.78. The smallest absolute Gasteiger partial charge is 0.399 e. The Hall–Kier alpha value is -3.01. The molecular formula is C27H29BFNO5S. The number of halogens is 1. The average molecular weight is 509 g/mol. The van der Waals surface area contributed by atoms with E-state index in [0.29, 0.717) is 16.7 Å². The Bertz CT molecular complexity index is 1370. The predicted octanol–water partition coefficient (Wildman–Crippen LogP) is 4.66. The van der Waals surface area contributed by atoms with Gasteiger partial charge >= 0.3 is 7.12 Å². The summed E-state index contributed by atoms with van der Waals surface area (Å²) >= 11 is 0. The van der Waals surface area contributed by atoms with Gasteiger partial charge in [-0.15, -0.1) is 0 Å². The van der Waals surface area contributed by atoms with Crippen LogP contribution < -0.4 is 10.8 Å². The molecule has 9 heteroatoms. The highest BCUT2D eigenvalue weighted by Crippen LogP contribution is 2.36. The van der Waals surface area contributed by atoms with Crippen LogP contribution in [0.15, 0.2) is 71.6 Å². The third kappa shape index (κ3) is 5.38. The molecule has 3 aromatic carbocycles. The zero-order valence-corrected chi connectivity index (χ0v) is 21.8. The highest BCUT2D eigenvalue weighted by Gasteiger charge is 2.51. The molecule has 0 atom stereocenters. The Balaban J connectivity index is 1.46. The standard InChI is InChI=1S/C27H29BFNO5S/c1-18-6-13-22(14-7-18)36(32,33)17-19-8-11-21(12-9-19)30-25(31)23-16-20(10-15-24(23)29)28-34-26(2,3)27(4,5)35-28/h6-16H,17H2,1-5H3,(H,30,31). The van der Waals surface area contributed by atoms with Crippen LogP contribution in [0.5, 0.6) is 0 Å². The Labute approximate surface area is 211 Å². The van der Waals surface area contributed by atoms with Crippen molar-refractivity contribution in [2.75, 3.05) is 5.32 Å². The topological polar surface area (TPSA) is 81.7 Å². The van der Waals surface area contributed by atoms with Gasteiger partial charge in [-0.1, -0.05) is 35.9 Å². The van der Waals surface area contributed by atoms with Gasteiger partial charge in [0, 0.05) is 5.69 Å². The number of aryl methyl sites for hydroxylation is 1. The van der Waals surface area contributed by atoms with E-state index in [1.807, 2.05) is 34.6 Å². The molecule has 0 bridgehead atoms. The first-order chi connectivity index (χ1) is 16.8. The van der Waals surface area contributed by atoms with Crippen LogP contribution in [0, 0.1) is 12.7 Å². The number of hydrogen-bond donors (Lipinski definition) is 1. The lowest BCUT2D eigenvalue weighted by molar-refractivity contribution is 0.00578. The summed E-state index contributed by atoms with van der Waals surface area (Å²) in [6, 6.07) is 17.3. The van der Waals surface area contributed by atoms with Crippen LogP contribution in [-0.2, 0) is 24.9 Å². The van der Waals surface area contributed by atoms with Crippen molar-refractivity contribution in [3.8, 4) is 0 Å². The van der Waals surface area contributed by atoms with Gasteiger partial charge in [-0.05, 0) is 82.0 Å². The second kappa shape index (κ2) is 9.46. The molecule has 188 valence electrons. The molecule has 1 fully saturated rings. The Morgan fingerprint density at radius 3 is 2.08 bits per heavy atom. The number of carbonyl (C=O) groups is 1. The van der Waals surface area contributed by atoms with E-state index in [0.717, 1.165) is 5.56 Å². The molecule has 0 spiro atoms. The minimum Gasteiger partial charge on any atom is -0.399 e. The van der Waals surface area contributed by atoms with Crippen molar-refractivity contribution >= 4 is 34.0 Å². The molecule has 0 unspecified atom stereocenters. The van der Waals surface area contributed by atoms with Crippen LogP contribution in [0.2, 0.25) is 0 Å². The molecule has 1 heterocycles. The van der Waals surface area contributed by atoms with E-state index in [1.54, 1.807) is 48.5 Å². The maximum absolute atomic E-state index is 14.5. The van der Waals surface area contributed by atoms with E-state index in [9.17, 15) is 17.6 Å². The van der Waals surface area contributed by atoms with Crippen molar-refractivity contribution in [1.82, 2.24) is 0 Å². The summed E-state index contributed by atoms with van der Waals surface area (Å²) in [6.07, 6.45) is 0. The molecule has 0 radical (unpaired) electrons. The first kappa shape index (κ1) is 26.1. The molecule has 4 rings (SSSR count). The summed E-state index contributed by atoms with van der Waals surface area (Å²) in [6.45, 7) is 9.56. The van der Waals surface area contributed by atoms with E-state index < -0.39 is 39.9 Å². The average Bonchev–Trinajstić information content (AvgIpc) is 3.02. The highest BCUT2D eigenvalue weighted by atomic mass is 32.2. The van der Waals surface area contributed by atoms with Gasteiger partial charge in [-0.2, -0.15) is 0 Å². The number of amides is 1. The molecule has 6 nitrogen and oxygen atoms in total. The van der Waals surface area contributed by atoms with Crippen molar-refractivity contribution in [2.45, 2.75) is 56.5 Å². The monoisotopic (exact) mass is 509 g/mol. The summed E-state index contributed by atoms with van der Waals surface area (Å²) in [5, 5.41) is 2.67. The van der Waals surface area contributed by atoms with Gasteiger partial charge in [0.25, 0.3) is 5.91 Å². The summed E-state index contributed by atoms with van der Waals surface area (Å²) in [5.41, 5.74) is 1.23. The van der Waals surface area contributed by atoms with Crippen molar-refractivity contribution in [3.05, 3.63) is 89.2 Å². The number of rotatable bonds is 6. The fourth-order valence-corrected chi connectivity index (χ4v) is 5.12. The molecule has 1 saturated heterocycles. The van der Waals surface area contributed by atoms with Crippen LogP contribution >= 0.6 is 0 Å². The minimum absolute atomic E-state index is 0.145. The van der Waals surface area contributed by atoms with Crippen LogP contribution in [0.4, 0.5) is 10.1 Å². The van der Waals surface area contributed by atoms with Gasteiger partial charge < -0.3 is 14.6 Å². The number of benzene rings is 3. The Morgan fingerprint density at radius 1 is 0.917 bits per heavy atom. The maximum Gasteiger partial charge on any atom is 0.494 e. The molecule has 3 aromatic rings. The number of hydrogen-bond acceptors (Lipinski definition) is 5. The first-order valence-electron chi connectivity index (χ1n) is 11.6. The van der Waals surface area contributed by atoms with Crippen molar-refractivity contribution in [3.63, 3.8) is 0 Å². The van der Waals surface area contributed by atoms with Crippen LogP contribution in [0.1, 0.15) is 49.2 Å². The van der Waals surface area contributed by atoms with Crippen LogP contribution in [0.3, 0.4) is 0 Å². The van der Waals surface area contributed by atoms with E-state index in [-0.39, 0.29) is 16.2 Å². The highest BCUT2D eigenvalue weighted by molar-refractivity contribution is 7.90. The lowest BCUT2D eigenvalue weighted by Crippen LogP contribution is -2.41. The second-order valence-electron chi connectivity index (χ2n) is 10.1. The van der Waals surface area contributed by atoms with Gasteiger partial charge in [0.15, 0.2) is 9.84 Å². The normalized spacial score (nSPS) is 16.7. The molecule has 0 aromatic heterocycles. The molecule has 36 heavy (non-hydrogen) atoms. The summed E-state index contributed by atoms with van der Waals surface area (Å²) in [5.74, 6) is -1.48.